The van der Waals surface area contributed by atoms with Crippen LogP contribution in [-0.4, -0.2) is 45.6 Å². The molecule has 1 aromatic heterocycles. The average Bonchev–Trinajstić information content (AvgIpc) is 3.25. The number of amides is 1. The van der Waals surface area contributed by atoms with Crippen LogP contribution in [-0.2, 0) is 14.3 Å². The van der Waals surface area contributed by atoms with E-state index in [0.29, 0.717) is 34.8 Å². The van der Waals surface area contributed by atoms with Gasteiger partial charge in [-0.3, -0.25) is 4.79 Å². The van der Waals surface area contributed by atoms with Gasteiger partial charge in [0.1, 0.15) is 29.0 Å². The molecule has 1 amide bonds. The molecule has 2 aromatic rings. The first kappa shape index (κ1) is 22.8. The van der Waals surface area contributed by atoms with Gasteiger partial charge in [0, 0.05) is 22.9 Å². The van der Waals surface area contributed by atoms with Crippen molar-refractivity contribution in [3.63, 3.8) is 0 Å². The molecule has 172 valence electrons. The Morgan fingerprint density at radius 3 is 2.79 bits per heavy atom. The van der Waals surface area contributed by atoms with Crippen LogP contribution in [0, 0.1) is 5.82 Å². The molecule has 33 heavy (non-hydrogen) atoms. The Balaban J connectivity index is 1.63. The summed E-state index contributed by atoms with van der Waals surface area (Å²) in [6.07, 6.45) is 5.87. The summed E-state index contributed by atoms with van der Waals surface area (Å²) in [5.74, 6) is -0.1000. The van der Waals surface area contributed by atoms with Gasteiger partial charge in [0.15, 0.2) is 0 Å². The fourth-order valence-electron chi connectivity index (χ4n) is 3.92. The smallest absolute Gasteiger partial charge is 0.326 e. The van der Waals surface area contributed by atoms with E-state index in [1.54, 1.807) is 36.2 Å². The van der Waals surface area contributed by atoms with E-state index in [-0.39, 0.29) is 5.91 Å². The first-order valence-corrected chi connectivity index (χ1v) is 11.8. The van der Waals surface area contributed by atoms with Crippen LogP contribution in [0.15, 0.2) is 48.4 Å². The van der Waals surface area contributed by atoms with E-state index in [1.807, 2.05) is 26.2 Å². The second-order valence-electron chi connectivity index (χ2n) is 8.30. The summed E-state index contributed by atoms with van der Waals surface area (Å²) in [5, 5.41) is 15.1. The molecule has 0 fully saturated rings. The first-order chi connectivity index (χ1) is 15.7. The Morgan fingerprint density at radius 1 is 1.33 bits per heavy atom. The molecule has 0 saturated carbocycles. The van der Waals surface area contributed by atoms with E-state index < -0.39 is 23.4 Å². The Morgan fingerprint density at radius 2 is 2.12 bits per heavy atom. The molecular formula is C24H24FN3O4S. The summed E-state index contributed by atoms with van der Waals surface area (Å²) in [6.45, 7) is 3.78. The molecule has 3 heterocycles. The number of allylic oxidation sites excluding steroid dienone is 1. The summed E-state index contributed by atoms with van der Waals surface area (Å²) in [4.78, 5) is 28.5. The minimum absolute atomic E-state index is 0.346. The van der Waals surface area contributed by atoms with E-state index in [1.165, 1.54) is 12.1 Å². The number of aromatic nitrogens is 1. The van der Waals surface area contributed by atoms with Gasteiger partial charge in [-0.25, -0.2) is 14.2 Å². The number of fused-ring (bicyclic) bond motifs is 1. The molecule has 1 atom stereocenters. The van der Waals surface area contributed by atoms with Crippen molar-refractivity contribution in [2.45, 2.75) is 31.9 Å². The Hall–Kier alpha value is -3.33. The molecule has 2 aliphatic rings. The molecule has 9 heteroatoms. The average molecular weight is 470 g/mol. The number of benzene rings is 1. The highest BCUT2D eigenvalue weighted by Crippen LogP contribution is 2.44. The van der Waals surface area contributed by atoms with Gasteiger partial charge in [-0.2, -0.15) is 11.8 Å². The van der Waals surface area contributed by atoms with Gasteiger partial charge in [0.2, 0.25) is 0 Å². The minimum Gasteiger partial charge on any atom is -0.482 e. The zero-order valence-electron chi connectivity index (χ0n) is 18.4. The highest BCUT2D eigenvalue weighted by Gasteiger charge is 2.38. The van der Waals surface area contributed by atoms with Gasteiger partial charge < -0.3 is 20.5 Å². The highest BCUT2D eigenvalue weighted by atomic mass is 32.2. The number of halogens is 1. The predicted octanol–water partition coefficient (Wildman–Crippen LogP) is 4.39. The van der Waals surface area contributed by atoms with Crippen LogP contribution in [0.2, 0.25) is 0 Å². The molecule has 7 nitrogen and oxygen atoms in total. The van der Waals surface area contributed by atoms with Gasteiger partial charge in [0.05, 0.1) is 11.3 Å². The third-order valence-electron chi connectivity index (χ3n) is 5.57. The van der Waals surface area contributed by atoms with Gasteiger partial charge >= 0.3 is 5.97 Å². The van der Waals surface area contributed by atoms with Crippen LogP contribution in [0.1, 0.15) is 31.4 Å². The van der Waals surface area contributed by atoms with Crippen LogP contribution in [0.25, 0.3) is 11.1 Å². The van der Waals surface area contributed by atoms with Crippen molar-refractivity contribution >= 4 is 46.3 Å². The number of carboxylic acid groups (broad SMARTS) is 1. The number of rotatable bonds is 7. The number of nitrogens with one attached hydrogen (secondary N) is 2. The number of pyridine rings is 1. The van der Waals surface area contributed by atoms with E-state index in [0.717, 1.165) is 16.9 Å². The number of aliphatic carboxylic acids is 1. The lowest BCUT2D eigenvalue weighted by Crippen LogP contribution is -2.30. The monoisotopic (exact) mass is 469 g/mol. The molecule has 0 aliphatic carbocycles. The number of carbonyl (C=O) groups excluding carboxylic acids is 1. The number of hydrogen-bond donors (Lipinski definition) is 3. The molecule has 3 N–H and O–H groups in total. The molecule has 2 aliphatic heterocycles. The zero-order valence-corrected chi connectivity index (χ0v) is 19.3. The third kappa shape index (κ3) is 4.59. The summed E-state index contributed by atoms with van der Waals surface area (Å²) < 4.78 is 19.7. The van der Waals surface area contributed by atoms with Crippen molar-refractivity contribution in [3.05, 3.63) is 65.3 Å². The van der Waals surface area contributed by atoms with Gasteiger partial charge in [-0.1, -0.05) is 0 Å². The fraction of sp³-hybridized carbons (Fsp3) is 0.292. The first-order valence-electron chi connectivity index (χ1n) is 10.4. The van der Waals surface area contributed by atoms with Crippen molar-refractivity contribution in [2.75, 3.05) is 22.6 Å². The van der Waals surface area contributed by atoms with E-state index in [2.05, 4.69) is 15.6 Å². The van der Waals surface area contributed by atoms with Crippen molar-refractivity contribution in [1.82, 2.24) is 4.98 Å². The second-order valence-corrected chi connectivity index (χ2v) is 9.29. The number of anilines is 2. The molecule has 0 saturated heterocycles. The van der Waals surface area contributed by atoms with Crippen molar-refractivity contribution in [1.29, 1.82) is 0 Å². The topological polar surface area (TPSA) is 101 Å². The standard InChI is InChI=1S/C24H24FN3O4S/c1-24(2)16(13-4-7-20(26-12-13)27-17(23(30)31)8-9-33-3)11-19(32-24)21-15-6-5-14(25)10-18(15)28-22(21)29/h4-7,10-12,17H,8-9H2,1-3H3,(H,26,27)(H,28,29)(H,30,31)/t17-/m0/s1. The van der Waals surface area contributed by atoms with Crippen LogP contribution in [0.5, 0.6) is 0 Å². The molecule has 0 bridgehead atoms. The number of carbonyl (C=O) groups is 2. The summed E-state index contributed by atoms with van der Waals surface area (Å²) in [6, 6.07) is 7.00. The lowest BCUT2D eigenvalue weighted by atomic mass is 9.93. The maximum absolute atomic E-state index is 13.6. The SMILES string of the molecule is CSCC[C@H](Nc1ccc(C2=CC(=C3C(=O)Nc4cc(F)ccc43)OC2(C)C)cn1)C(=O)O. The lowest BCUT2D eigenvalue weighted by Gasteiger charge is -2.23. The lowest BCUT2D eigenvalue weighted by molar-refractivity contribution is -0.138. The Kier molecular flexibility index (Phi) is 6.16. The summed E-state index contributed by atoms with van der Waals surface area (Å²) in [5.41, 5.74) is 2.24. The van der Waals surface area contributed by atoms with Crippen LogP contribution >= 0.6 is 11.8 Å². The summed E-state index contributed by atoms with van der Waals surface area (Å²) >= 11 is 1.59. The van der Waals surface area contributed by atoms with E-state index >= 15 is 0 Å². The minimum atomic E-state index is -0.922. The highest BCUT2D eigenvalue weighted by molar-refractivity contribution is 7.98. The Labute approximate surface area is 195 Å². The van der Waals surface area contributed by atoms with Gasteiger partial charge in [-0.15, -0.1) is 0 Å². The predicted molar refractivity (Wildman–Crippen MR) is 127 cm³/mol. The molecule has 4 rings (SSSR count). The summed E-state index contributed by atoms with van der Waals surface area (Å²) in [7, 11) is 0. The second kappa shape index (κ2) is 8.90. The number of hydrogen-bond acceptors (Lipinski definition) is 6. The van der Waals surface area contributed by atoms with Gasteiger partial charge in [0.25, 0.3) is 5.91 Å². The van der Waals surface area contributed by atoms with Crippen molar-refractivity contribution < 1.29 is 23.8 Å². The molecular weight excluding hydrogens is 445 g/mol. The number of thioether (sulfide) groups is 1. The Bertz CT molecular complexity index is 1170. The van der Waals surface area contributed by atoms with Crippen molar-refractivity contribution in [3.8, 4) is 0 Å². The van der Waals surface area contributed by atoms with Crippen molar-refractivity contribution in [2.24, 2.45) is 0 Å². The quantitative estimate of drug-likeness (QED) is 0.517. The largest absolute Gasteiger partial charge is 0.482 e. The molecule has 0 spiro atoms. The normalized spacial score (nSPS) is 19.4. The van der Waals surface area contributed by atoms with Gasteiger partial charge in [-0.05, 0) is 68.7 Å². The van der Waals surface area contributed by atoms with E-state index in [9.17, 15) is 19.1 Å². The van der Waals surface area contributed by atoms with E-state index in [4.69, 9.17) is 4.74 Å². The van der Waals surface area contributed by atoms with Crippen LogP contribution in [0.4, 0.5) is 15.9 Å². The number of carboxylic acids is 1. The third-order valence-corrected chi connectivity index (χ3v) is 6.21. The molecule has 0 unspecified atom stereocenters. The molecule has 1 aromatic carbocycles. The number of nitrogens with zero attached hydrogens (tertiary/aromatic N) is 1. The maximum atomic E-state index is 13.6. The maximum Gasteiger partial charge on any atom is 0.326 e. The number of ether oxygens (including phenoxy) is 1. The van der Waals surface area contributed by atoms with Crippen LogP contribution < -0.4 is 10.6 Å². The van der Waals surface area contributed by atoms with Crippen LogP contribution in [0.3, 0.4) is 0 Å². The molecule has 0 radical (unpaired) electrons. The zero-order chi connectivity index (χ0) is 23.8. The fourth-order valence-corrected chi connectivity index (χ4v) is 4.39.